The van der Waals surface area contributed by atoms with Crippen LogP contribution in [-0.2, 0) is 7.05 Å². The van der Waals surface area contributed by atoms with E-state index in [1.165, 1.54) is 22.4 Å². The highest BCUT2D eigenvalue weighted by Gasteiger charge is 2.01. The van der Waals surface area contributed by atoms with Crippen molar-refractivity contribution < 1.29 is 0 Å². The number of nitrogens with zero attached hydrogens (tertiary/aromatic N) is 2. The van der Waals surface area contributed by atoms with E-state index in [-0.39, 0.29) is 5.56 Å². The van der Waals surface area contributed by atoms with Gasteiger partial charge in [-0.25, -0.2) is 4.98 Å². The first-order valence-electron chi connectivity index (χ1n) is 3.49. The quantitative estimate of drug-likeness (QED) is 0.540. The highest BCUT2D eigenvalue weighted by molar-refractivity contribution is 7.98. The molecule has 66 valence electrons. The van der Waals surface area contributed by atoms with Crippen molar-refractivity contribution in [2.24, 2.45) is 7.05 Å². The van der Waals surface area contributed by atoms with Crippen molar-refractivity contribution >= 4 is 17.6 Å². The monoisotopic (exact) mass is 185 g/mol. The smallest absolute Gasteiger partial charge is 0.255 e. The average molecular weight is 185 g/mol. The second-order valence-corrected chi connectivity index (χ2v) is 3.05. The Morgan fingerprint density at radius 3 is 2.83 bits per heavy atom. The van der Waals surface area contributed by atoms with Gasteiger partial charge in [0.25, 0.3) is 5.56 Å². The predicted octanol–water partition coefficient (Wildman–Crippen LogP) is 0.544. The second kappa shape index (κ2) is 3.62. The first kappa shape index (κ1) is 9.12. The summed E-state index contributed by atoms with van der Waals surface area (Å²) in [5.74, 6) is 0.613. The molecule has 0 aliphatic rings. The molecule has 0 bridgehead atoms. The third-order valence-electron chi connectivity index (χ3n) is 1.53. The maximum atomic E-state index is 11.2. The number of nitrogens with one attached hydrogen (secondary N) is 1. The molecular weight excluding hydrogens is 174 g/mol. The van der Waals surface area contributed by atoms with Gasteiger partial charge in [0.2, 0.25) is 0 Å². The fourth-order valence-corrected chi connectivity index (χ4v) is 1.38. The number of aromatic nitrogens is 2. The van der Waals surface area contributed by atoms with Crippen LogP contribution in [0.3, 0.4) is 0 Å². The summed E-state index contributed by atoms with van der Waals surface area (Å²) in [6, 6.07) is 1.47. The van der Waals surface area contributed by atoms with Gasteiger partial charge in [0, 0.05) is 20.2 Å². The molecule has 0 fully saturated rings. The Labute approximate surface area is 75.0 Å². The summed E-state index contributed by atoms with van der Waals surface area (Å²) in [6.07, 6.45) is 1.89. The molecule has 1 aromatic heterocycles. The van der Waals surface area contributed by atoms with Gasteiger partial charge in [-0.3, -0.25) is 9.36 Å². The van der Waals surface area contributed by atoms with Crippen molar-refractivity contribution in [2.75, 3.05) is 18.6 Å². The van der Waals surface area contributed by atoms with Gasteiger partial charge in [-0.05, 0) is 6.26 Å². The molecule has 1 N–H and O–H groups in total. The number of rotatable bonds is 2. The van der Waals surface area contributed by atoms with Crippen LogP contribution in [-0.4, -0.2) is 22.9 Å². The summed E-state index contributed by atoms with van der Waals surface area (Å²) in [5, 5.41) is 3.55. The van der Waals surface area contributed by atoms with Gasteiger partial charge < -0.3 is 5.32 Å². The summed E-state index contributed by atoms with van der Waals surface area (Å²) in [5.41, 5.74) is -0.0429. The van der Waals surface area contributed by atoms with Gasteiger partial charge >= 0.3 is 0 Å². The number of hydrogen-bond acceptors (Lipinski definition) is 4. The first-order chi connectivity index (χ1) is 5.69. The van der Waals surface area contributed by atoms with E-state index in [0.29, 0.717) is 11.0 Å². The molecule has 0 radical (unpaired) electrons. The first-order valence-corrected chi connectivity index (χ1v) is 4.71. The van der Waals surface area contributed by atoms with Crippen molar-refractivity contribution in [3.05, 3.63) is 16.4 Å². The van der Waals surface area contributed by atoms with E-state index in [1.807, 2.05) is 6.26 Å². The lowest BCUT2D eigenvalue weighted by Gasteiger charge is -2.05. The van der Waals surface area contributed by atoms with Gasteiger partial charge in [-0.15, -0.1) is 0 Å². The zero-order chi connectivity index (χ0) is 9.14. The van der Waals surface area contributed by atoms with E-state index in [9.17, 15) is 4.79 Å². The van der Waals surface area contributed by atoms with Crippen LogP contribution in [0, 0.1) is 0 Å². The fraction of sp³-hybridized carbons (Fsp3) is 0.429. The van der Waals surface area contributed by atoms with Gasteiger partial charge in [-0.2, -0.15) is 0 Å². The lowest BCUT2D eigenvalue weighted by Crippen LogP contribution is -2.19. The maximum absolute atomic E-state index is 11.2. The third kappa shape index (κ3) is 1.61. The molecule has 0 aromatic carbocycles. The molecule has 0 spiro atoms. The van der Waals surface area contributed by atoms with Crippen LogP contribution < -0.4 is 10.9 Å². The molecule has 0 aliphatic carbocycles. The van der Waals surface area contributed by atoms with E-state index in [1.54, 1.807) is 14.1 Å². The molecule has 1 heterocycles. The van der Waals surface area contributed by atoms with Crippen LogP contribution in [0.25, 0.3) is 0 Å². The molecule has 0 aliphatic heterocycles. The topological polar surface area (TPSA) is 46.9 Å². The molecule has 4 nitrogen and oxygen atoms in total. The van der Waals surface area contributed by atoms with Gasteiger partial charge in [-0.1, -0.05) is 11.8 Å². The summed E-state index contributed by atoms with van der Waals surface area (Å²) < 4.78 is 1.52. The molecule has 12 heavy (non-hydrogen) atoms. The van der Waals surface area contributed by atoms with Gasteiger partial charge in [0.1, 0.15) is 5.82 Å². The summed E-state index contributed by atoms with van der Waals surface area (Å²) >= 11 is 1.45. The third-order valence-corrected chi connectivity index (χ3v) is 2.26. The summed E-state index contributed by atoms with van der Waals surface area (Å²) in [4.78, 5) is 15.4. The van der Waals surface area contributed by atoms with E-state index in [0.717, 1.165) is 0 Å². The number of anilines is 1. The molecule has 5 heteroatoms. The molecule has 0 atom stereocenters. The Morgan fingerprint density at radius 2 is 2.33 bits per heavy atom. The van der Waals surface area contributed by atoms with Crippen LogP contribution >= 0.6 is 11.8 Å². The van der Waals surface area contributed by atoms with Crippen LogP contribution in [0.5, 0.6) is 0 Å². The fourth-order valence-electron chi connectivity index (χ4n) is 0.829. The minimum Gasteiger partial charge on any atom is -0.373 e. The average Bonchev–Trinajstić information content (AvgIpc) is 2.09. The largest absolute Gasteiger partial charge is 0.373 e. The summed E-state index contributed by atoms with van der Waals surface area (Å²) in [7, 11) is 3.45. The van der Waals surface area contributed by atoms with Crippen LogP contribution in [0.15, 0.2) is 16.0 Å². The van der Waals surface area contributed by atoms with E-state index < -0.39 is 0 Å². The van der Waals surface area contributed by atoms with Crippen LogP contribution in [0.4, 0.5) is 5.82 Å². The SMILES string of the molecule is CNc1cc(=O)n(C)c(SC)n1. The molecule has 0 unspecified atom stereocenters. The Morgan fingerprint density at radius 1 is 1.67 bits per heavy atom. The molecule has 0 saturated heterocycles. The minimum absolute atomic E-state index is 0.0429. The number of hydrogen-bond donors (Lipinski definition) is 1. The van der Waals surface area contributed by atoms with Crippen molar-refractivity contribution in [3.63, 3.8) is 0 Å². The molecule has 0 saturated carbocycles. The van der Waals surface area contributed by atoms with E-state index in [4.69, 9.17) is 0 Å². The Hall–Kier alpha value is -0.970. The Kier molecular flexibility index (Phi) is 2.75. The van der Waals surface area contributed by atoms with Gasteiger partial charge in [0.15, 0.2) is 5.16 Å². The minimum atomic E-state index is -0.0429. The van der Waals surface area contributed by atoms with E-state index in [2.05, 4.69) is 10.3 Å². The van der Waals surface area contributed by atoms with Crippen LogP contribution in [0.2, 0.25) is 0 Å². The molecule has 1 rings (SSSR count). The van der Waals surface area contributed by atoms with E-state index >= 15 is 0 Å². The van der Waals surface area contributed by atoms with Crippen molar-refractivity contribution in [2.45, 2.75) is 5.16 Å². The van der Waals surface area contributed by atoms with Gasteiger partial charge in [0.05, 0.1) is 0 Å². The molecule has 0 amide bonds. The van der Waals surface area contributed by atoms with Crippen LogP contribution in [0.1, 0.15) is 0 Å². The normalized spacial score (nSPS) is 9.92. The highest BCUT2D eigenvalue weighted by atomic mass is 32.2. The Balaban J connectivity index is 3.29. The summed E-state index contributed by atoms with van der Waals surface area (Å²) in [6.45, 7) is 0. The zero-order valence-corrected chi connectivity index (χ0v) is 8.10. The lowest BCUT2D eigenvalue weighted by atomic mass is 10.6. The highest BCUT2D eigenvalue weighted by Crippen LogP contribution is 2.10. The second-order valence-electron chi connectivity index (χ2n) is 2.28. The lowest BCUT2D eigenvalue weighted by molar-refractivity contribution is 0.712. The van der Waals surface area contributed by atoms with Crippen molar-refractivity contribution in [1.29, 1.82) is 0 Å². The molecule has 1 aromatic rings. The van der Waals surface area contributed by atoms with Crippen molar-refractivity contribution in [1.82, 2.24) is 9.55 Å². The Bertz CT molecular complexity index is 334. The predicted molar refractivity (Wildman–Crippen MR) is 50.8 cm³/mol. The molecular formula is C7H11N3OS. The standard InChI is InChI=1S/C7H11N3OS/c1-8-5-4-6(11)10(2)7(9-5)12-3/h4,8H,1-3H3. The number of thioether (sulfide) groups is 1. The maximum Gasteiger partial charge on any atom is 0.255 e. The zero-order valence-electron chi connectivity index (χ0n) is 7.29. The van der Waals surface area contributed by atoms with Crippen molar-refractivity contribution in [3.8, 4) is 0 Å².